The SMILES string of the molecule is CC(=O)[CH2]/[Pd](=[CH]/c1ccccc1)=[CH]\c1ccccc1. The van der Waals surface area contributed by atoms with Gasteiger partial charge in [-0.15, -0.1) is 0 Å². The summed E-state index contributed by atoms with van der Waals surface area (Å²) < 4.78 is 4.53. The van der Waals surface area contributed by atoms with Crippen LogP contribution in [0.1, 0.15) is 18.1 Å². The van der Waals surface area contributed by atoms with Crippen LogP contribution in [0.2, 0.25) is 4.89 Å². The molecular formula is C17H17OPd. The third-order valence-electron chi connectivity index (χ3n) is 2.33. The van der Waals surface area contributed by atoms with Gasteiger partial charge in [-0.25, -0.2) is 0 Å². The standard InChI is InChI=1S/2C7H6.C3H5O.Pd/c2*1-7-5-3-2-4-6-7;1-3(2)4;/h2*1-6H;1H2,2H3;. The summed E-state index contributed by atoms with van der Waals surface area (Å²) in [6.45, 7) is 1.67. The molecule has 0 unspecified atom stereocenters. The monoisotopic (exact) mass is 343 g/mol. The Morgan fingerprint density at radius 1 is 0.895 bits per heavy atom. The van der Waals surface area contributed by atoms with Crippen molar-refractivity contribution in [3.63, 3.8) is 0 Å². The average Bonchev–Trinajstić information content (AvgIpc) is 2.40. The van der Waals surface area contributed by atoms with Gasteiger partial charge in [0.15, 0.2) is 0 Å². The second-order valence-corrected chi connectivity index (χ2v) is 7.42. The molecular weight excluding hydrogens is 327 g/mol. The van der Waals surface area contributed by atoms with Crippen LogP contribution in [0.15, 0.2) is 60.7 Å². The number of hydrogen-bond donors (Lipinski definition) is 0. The number of Topliss-reactive ketones (excluding diaryl/α,β-unsaturated/α-hetero) is 1. The van der Waals surface area contributed by atoms with Gasteiger partial charge in [0, 0.05) is 0 Å². The van der Waals surface area contributed by atoms with E-state index in [0.717, 1.165) is 0 Å². The van der Waals surface area contributed by atoms with Crippen LogP contribution in [0, 0.1) is 0 Å². The maximum atomic E-state index is 11.4. The van der Waals surface area contributed by atoms with Crippen molar-refractivity contribution in [3.8, 4) is 0 Å². The summed E-state index contributed by atoms with van der Waals surface area (Å²) >= 11 is -1.11. The normalized spacial score (nSPS) is 13.4. The van der Waals surface area contributed by atoms with Gasteiger partial charge < -0.3 is 0 Å². The van der Waals surface area contributed by atoms with Crippen molar-refractivity contribution < 1.29 is 20.6 Å². The van der Waals surface area contributed by atoms with Crippen LogP contribution in [0.5, 0.6) is 0 Å². The summed E-state index contributed by atoms with van der Waals surface area (Å²) in [4.78, 5) is 12.1. The van der Waals surface area contributed by atoms with Crippen molar-refractivity contribution in [2.75, 3.05) is 0 Å². The van der Waals surface area contributed by atoms with Crippen LogP contribution in [-0.2, 0) is 20.6 Å². The third-order valence-corrected chi connectivity index (χ3v) is 5.93. The second kappa shape index (κ2) is 7.19. The van der Waals surface area contributed by atoms with Crippen LogP contribution in [0.3, 0.4) is 0 Å². The Balaban J connectivity index is 2.39. The molecule has 1 nitrogen and oxygen atoms in total. The Labute approximate surface area is 119 Å². The summed E-state index contributed by atoms with van der Waals surface area (Å²) in [6, 6.07) is 20.5. The molecule has 2 rings (SSSR count). The zero-order chi connectivity index (χ0) is 13.5. The number of ketones is 1. The van der Waals surface area contributed by atoms with Gasteiger partial charge in [0.25, 0.3) is 0 Å². The predicted molar refractivity (Wildman–Crippen MR) is 78.7 cm³/mol. The number of rotatable bonds is 4. The zero-order valence-electron chi connectivity index (χ0n) is 10.9. The summed E-state index contributed by atoms with van der Waals surface area (Å²) in [5.74, 6) is 0.264. The fraction of sp³-hybridized carbons (Fsp3) is 0.118. The number of carbonyl (C=O) groups excluding carboxylic acids is 1. The summed E-state index contributed by atoms with van der Waals surface area (Å²) in [6.07, 6.45) is 0. The van der Waals surface area contributed by atoms with Crippen LogP contribution >= 0.6 is 0 Å². The van der Waals surface area contributed by atoms with Gasteiger partial charge in [0.05, 0.1) is 0 Å². The number of carbonyl (C=O) groups is 1. The van der Waals surface area contributed by atoms with E-state index in [-0.39, 0.29) is 5.78 Å². The minimum atomic E-state index is -1.11. The molecule has 0 atom stereocenters. The Morgan fingerprint density at radius 3 is 1.68 bits per heavy atom. The van der Waals surface area contributed by atoms with Crippen LogP contribution in [0.4, 0.5) is 0 Å². The Kier molecular flexibility index (Phi) is 5.27. The van der Waals surface area contributed by atoms with Gasteiger partial charge in [0.2, 0.25) is 0 Å². The first kappa shape index (κ1) is 13.9. The van der Waals surface area contributed by atoms with Gasteiger partial charge in [-0.1, -0.05) is 0 Å². The van der Waals surface area contributed by atoms with Crippen LogP contribution < -0.4 is 0 Å². The van der Waals surface area contributed by atoms with Crippen molar-refractivity contribution in [3.05, 3.63) is 71.8 Å². The van der Waals surface area contributed by atoms with Gasteiger partial charge in [-0.05, 0) is 0 Å². The molecule has 19 heavy (non-hydrogen) atoms. The summed E-state index contributed by atoms with van der Waals surface area (Å²) in [5.41, 5.74) is 2.41. The fourth-order valence-electron chi connectivity index (χ4n) is 1.57. The van der Waals surface area contributed by atoms with E-state index in [1.165, 1.54) is 11.1 Å². The Hall–Kier alpha value is -1.49. The first-order valence-electron chi connectivity index (χ1n) is 6.05. The van der Waals surface area contributed by atoms with E-state index in [4.69, 9.17) is 0 Å². The fourth-order valence-corrected chi connectivity index (χ4v) is 4.84. The molecule has 0 spiro atoms. The van der Waals surface area contributed by atoms with Gasteiger partial charge in [-0.3, -0.25) is 0 Å². The molecule has 0 N–H and O–H groups in total. The quantitative estimate of drug-likeness (QED) is 0.778. The second-order valence-electron chi connectivity index (χ2n) is 4.18. The Bertz CT molecular complexity index is 573. The van der Waals surface area contributed by atoms with E-state index >= 15 is 0 Å². The first-order chi connectivity index (χ1) is 9.24. The van der Waals surface area contributed by atoms with Crippen molar-refractivity contribution in [1.29, 1.82) is 0 Å². The van der Waals surface area contributed by atoms with E-state index in [1.807, 2.05) is 36.4 Å². The molecule has 0 radical (unpaired) electrons. The predicted octanol–water partition coefficient (Wildman–Crippen LogP) is 3.31. The van der Waals surface area contributed by atoms with Gasteiger partial charge >= 0.3 is 119 Å². The molecule has 0 bridgehead atoms. The molecule has 0 saturated heterocycles. The van der Waals surface area contributed by atoms with E-state index in [1.54, 1.807) is 6.92 Å². The van der Waals surface area contributed by atoms with E-state index < -0.39 is 15.8 Å². The minimum absolute atomic E-state index is 0.264. The average molecular weight is 344 g/mol. The van der Waals surface area contributed by atoms with E-state index in [9.17, 15) is 4.79 Å². The topological polar surface area (TPSA) is 17.1 Å². The number of benzene rings is 2. The van der Waals surface area contributed by atoms with E-state index in [0.29, 0.717) is 4.89 Å². The molecule has 2 aromatic carbocycles. The summed E-state index contributed by atoms with van der Waals surface area (Å²) in [7, 11) is 0. The molecule has 0 aliphatic rings. The molecule has 0 amide bonds. The van der Waals surface area contributed by atoms with Crippen molar-refractivity contribution in [1.82, 2.24) is 0 Å². The van der Waals surface area contributed by atoms with E-state index in [2.05, 4.69) is 33.2 Å². The molecule has 2 heteroatoms. The molecule has 0 heterocycles. The Morgan fingerprint density at radius 2 is 1.32 bits per heavy atom. The number of hydrogen-bond acceptors (Lipinski definition) is 1. The maximum absolute atomic E-state index is 11.4. The molecule has 2 aromatic rings. The van der Waals surface area contributed by atoms with Crippen molar-refractivity contribution >= 4 is 14.8 Å². The molecule has 0 saturated carbocycles. The molecule has 0 aliphatic carbocycles. The van der Waals surface area contributed by atoms with Gasteiger partial charge in [-0.2, -0.15) is 0 Å². The third kappa shape index (κ3) is 4.95. The van der Waals surface area contributed by atoms with Crippen molar-refractivity contribution in [2.45, 2.75) is 11.8 Å². The van der Waals surface area contributed by atoms with Crippen LogP contribution in [-0.4, -0.2) is 14.8 Å². The molecule has 0 aromatic heterocycles. The molecule has 0 aliphatic heterocycles. The van der Waals surface area contributed by atoms with Gasteiger partial charge in [0.1, 0.15) is 0 Å². The molecule has 101 valence electrons. The summed E-state index contributed by atoms with van der Waals surface area (Å²) in [5, 5.41) is 0. The van der Waals surface area contributed by atoms with Crippen LogP contribution in [0.25, 0.3) is 0 Å². The van der Waals surface area contributed by atoms with Crippen molar-refractivity contribution in [2.24, 2.45) is 0 Å². The first-order valence-corrected chi connectivity index (χ1v) is 8.94. The zero-order valence-corrected chi connectivity index (χ0v) is 12.4. The molecule has 0 fully saturated rings.